The Morgan fingerprint density at radius 2 is 1.94 bits per heavy atom. The molecule has 0 aliphatic carbocycles. The summed E-state index contributed by atoms with van der Waals surface area (Å²) in [6, 6.07) is 17.5. The molecule has 174 valence electrons. The maximum atomic E-state index is 11.1. The van der Waals surface area contributed by atoms with Crippen molar-refractivity contribution >= 4 is 28.3 Å². The van der Waals surface area contributed by atoms with E-state index in [1.54, 1.807) is 12.1 Å². The molecule has 1 aliphatic heterocycles. The number of fused-ring (bicyclic) bond motifs is 1. The highest BCUT2D eigenvalue weighted by Gasteiger charge is 2.32. The van der Waals surface area contributed by atoms with Crippen molar-refractivity contribution in [3.8, 4) is 28.6 Å². The first-order valence-electron chi connectivity index (χ1n) is 11.2. The Morgan fingerprint density at radius 3 is 2.65 bits per heavy atom. The van der Waals surface area contributed by atoms with Crippen LogP contribution in [0.15, 0.2) is 59.1 Å². The lowest BCUT2D eigenvalue weighted by Crippen LogP contribution is -2.49. The highest BCUT2D eigenvalue weighted by Crippen LogP contribution is 2.34. The summed E-state index contributed by atoms with van der Waals surface area (Å²) >= 11 is 6.38. The van der Waals surface area contributed by atoms with Crippen molar-refractivity contribution in [3.63, 3.8) is 0 Å². The number of nitrogens with zero attached hydrogens (tertiary/aromatic N) is 3. The molecule has 1 aromatic heterocycles. The number of likely N-dealkylation sites (tertiary alicyclic amines) is 1. The number of carbonyl (C=O) groups is 1. The number of benzene rings is 3. The van der Waals surface area contributed by atoms with E-state index in [1.165, 1.54) is 0 Å². The van der Waals surface area contributed by atoms with E-state index in [4.69, 9.17) is 26.0 Å². The molecule has 0 unspecified atom stereocenters. The Morgan fingerprint density at radius 1 is 1.18 bits per heavy atom. The van der Waals surface area contributed by atoms with Gasteiger partial charge in [-0.15, -0.1) is 0 Å². The normalized spacial score (nSPS) is 14.5. The van der Waals surface area contributed by atoms with Crippen molar-refractivity contribution in [3.05, 3.63) is 65.2 Å². The first-order valence-corrected chi connectivity index (χ1v) is 11.5. The average Bonchev–Trinajstić information content (AvgIpc) is 3.26. The van der Waals surface area contributed by atoms with Gasteiger partial charge in [0.2, 0.25) is 5.82 Å². The monoisotopic (exact) mass is 477 g/mol. The Labute approximate surface area is 201 Å². The van der Waals surface area contributed by atoms with E-state index < -0.39 is 5.97 Å². The fourth-order valence-electron chi connectivity index (χ4n) is 4.22. The van der Waals surface area contributed by atoms with Crippen molar-refractivity contribution in [2.24, 2.45) is 5.92 Å². The molecule has 8 heteroatoms. The number of carboxylic acid groups (broad SMARTS) is 1. The summed E-state index contributed by atoms with van der Waals surface area (Å²) in [5.74, 6) is 0.474. The maximum absolute atomic E-state index is 11.1. The standard InChI is InChI=1S/C26H24ClN3O4/c1-15(2)33-23-10-8-16(11-22(23)27)25-28-24(29-34-25)21-9-7-17(19-5-3-4-6-20(19)21)12-30-13-18(14-30)26(31)32/h3-11,15,18H,12-14H2,1-2H3,(H,31,32). The quantitative estimate of drug-likeness (QED) is 0.375. The molecule has 0 amide bonds. The van der Waals surface area contributed by atoms with E-state index in [2.05, 4.69) is 27.2 Å². The number of aromatic nitrogens is 2. The van der Waals surface area contributed by atoms with Crippen molar-refractivity contribution < 1.29 is 19.2 Å². The van der Waals surface area contributed by atoms with E-state index in [-0.39, 0.29) is 12.0 Å². The minimum absolute atomic E-state index is 0.0225. The number of rotatable bonds is 7. The Hall–Kier alpha value is -3.42. The molecular formula is C26H24ClN3O4. The fourth-order valence-corrected chi connectivity index (χ4v) is 4.45. The summed E-state index contributed by atoms with van der Waals surface area (Å²) < 4.78 is 11.3. The summed E-state index contributed by atoms with van der Waals surface area (Å²) in [4.78, 5) is 17.9. The molecule has 5 rings (SSSR count). The molecule has 1 fully saturated rings. The van der Waals surface area contributed by atoms with Crippen LogP contribution in [0.3, 0.4) is 0 Å². The van der Waals surface area contributed by atoms with Crippen molar-refractivity contribution in [2.45, 2.75) is 26.5 Å². The molecule has 0 radical (unpaired) electrons. The van der Waals surface area contributed by atoms with Crippen LogP contribution in [0.5, 0.6) is 5.75 Å². The predicted octanol–water partition coefficient (Wildman–Crippen LogP) is 5.51. The molecule has 2 heterocycles. The summed E-state index contributed by atoms with van der Waals surface area (Å²) in [5, 5.41) is 15.9. The van der Waals surface area contributed by atoms with Crippen LogP contribution in [0.4, 0.5) is 0 Å². The zero-order valence-corrected chi connectivity index (χ0v) is 19.6. The summed E-state index contributed by atoms with van der Waals surface area (Å²) in [7, 11) is 0. The van der Waals surface area contributed by atoms with E-state index in [1.807, 2.05) is 44.2 Å². The zero-order chi connectivity index (χ0) is 23.8. The molecule has 3 aromatic carbocycles. The Balaban J connectivity index is 1.42. The highest BCUT2D eigenvalue weighted by molar-refractivity contribution is 6.32. The molecular weight excluding hydrogens is 454 g/mol. The third-order valence-electron chi connectivity index (χ3n) is 5.92. The summed E-state index contributed by atoms with van der Waals surface area (Å²) in [6.45, 7) is 5.73. The van der Waals surface area contributed by atoms with Gasteiger partial charge in [-0.05, 0) is 48.4 Å². The van der Waals surface area contributed by atoms with Gasteiger partial charge in [0, 0.05) is 30.8 Å². The van der Waals surface area contributed by atoms with Crippen LogP contribution in [0.25, 0.3) is 33.6 Å². The summed E-state index contributed by atoms with van der Waals surface area (Å²) in [5.41, 5.74) is 2.72. The lowest BCUT2D eigenvalue weighted by atomic mass is 9.95. The first-order chi connectivity index (χ1) is 16.4. The van der Waals surface area contributed by atoms with Gasteiger partial charge < -0.3 is 14.4 Å². The molecule has 0 saturated carbocycles. The molecule has 1 N–H and O–H groups in total. The zero-order valence-electron chi connectivity index (χ0n) is 18.9. The molecule has 1 saturated heterocycles. The second-order valence-corrected chi connectivity index (χ2v) is 9.19. The van der Waals surface area contributed by atoms with E-state index in [0.717, 1.165) is 21.9 Å². The smallest absolute Gasteiger partial charge is 0.309 e. The van der Waals surface area contributed by atoms with Gasteiger partial charge in [-0.1, -0.05) is 53.2 Å². The van der Waals surface area contributed by atoms with E-state index >= 15 is 0 Å². The third-order valence-corrected chi connectivity index (χ3v) is 6.22. The minimum Gasteiger partial charge on any atom is -0.489 e. The predicted molar refractivity (Wildman–Crippen MR) is 130 cm³/mol. The van der Waals surface area contributed by atoms with Crippen molar-refractivity contribution in [1.29, 1.82) is 0 Å². The first kappa shape index (κ1) is 22.4. The molecule has 0 atom stereocenters. The van der Waals surface area contributed by atoms with Crippen LogP contribution in [-0.2, 0) is 11.3 Å². The second-order valence-electron chi connectivity index (χ2n) is 8.78. The number of ether oxygens (including phenoxy) is 1. The van der Waals surface area contributed by atoms with Crippen molar-refractivity contribution in [2.75, 3.05) is 13.1 Å². The molecule has 0 bridgehead atoms. The molecule has 4 aromatic rings. The van der Waals surface area contributed by atoms with Gasteiger partial charge in [0.25, 0.3) is 5.89 Å². The number of halogens is 1. The van der Waals surface area contributed by atoms with Gasteiger partial charge in [0.05, 0.1) is 17.0 Å². The van der Waals surface area contributed by atoms with Crippen LogP contribution in [0, 0.1) is 5.92 Å². The lowest BCUT2D eigenvalue weighted by Gasteiger charge is -2.36. The average molecular weight is 478 g/mol. The molecule has 7 nitrogen and oxygen atoms in total. The Bertz CT molecular complexity index is 1360. The molecule has 34 heavy (non-hydrogen) atoms. The number of hydrogen-bond acceptors (Lipinski definition) is 6. The maximum Gasteiger partial charge on any atom is 0.309 e. The van der Waals surface area contributed by atoms with Crippen LogP contribution < -0.4 is 4.74 Å². The van der Waals surface area contributed by atoms with Gasteiger partial charge in [-0.2, -0.15) is 4.98 Å². The SMILES string of the molecule is CC(C)Oc1ccc(-c2nc(-c3ccc(CN4CC(C(=O)O)C4)c4ccccc34)no2)cc1Cl. The molecule has 1 aliphatic rings. The minimum atomic E-state index is -0.729. The van der Waals surface area contributed by atoms with Gasteiger partial charge in [0.1, 0.15) is 5.75 Å². The number of aliphatic carboxylic acids is 1. The van der Waals surface area contributed by atoms with Crippen LogP contribution >= 0.6 is 11.6 Å². The third kappa shape index (κ3) is 4.36. The van der Waals surface area contributed by atoms with E-state index in [0.29, 0.717) is 47.7 Å². The largest absolute Gasteiger partial charge is 0.489 e. The second kappa shape index (κ2) is 9.08. The number of carboxylic acids is 1. The Kier molecular flexibility index (Phi) is 5.98. The molecule has 0 spiro atoms. The number of hydrogen-bond donors (Lipinski definition) is 1. The fraction of sp³-hybridized carbons (Fsp3) is 0.269. The highest BCUT2D eigenvalue weighted by atomic mass is 35.5. The van der Waals surface area contributed by atoms with Gasteiger partial charge in [-0.3, -0.25) is 9.69 Å². The van der Waals surface area contributed by atoms with Gasteiger partial charge in [-0.25, -0.2) is 0 Å². The van der Waals surface area contributed by atoms with Crippen molar-refractivity contribution in [1.82, 2.24) is 15.0 Å². The topological polar surface area (TPSA) is 88.7 Å². The lowest BCUT2D eigenvalue weighted by molar-refractivity contribution is -0.147. The van der Waals surface area contributed by atoms with Crippen LogP contribution in [0.2, 0.25) is 5.02 Å². The summed E-state index contributed by atoms with van der Waals surface area (Å²) in [6.07, 6.45) is 0.0225. The van der Waals surface area contributed by atoms with Crippen LogP contribution in [-0.4, -0.2) is 45.3 Å². The van der Waals surface area contributed by atoms with Gasteiger partial charge >= 0.3 is 5.97 Å². The van der Waals surface area contributed by atoms with Gasteiger partial charge in [0.15, 0.2) is 0 Å². The van der Waals surface area contributed by atoms with E-state index in [9.17, 15) is 4.79 Å². The van der Waals surface area contributed by atoms with Crippen LogP contribution in [0.1, 0.15) is 19.4 Å².